The van der Waals surface area contributed by atoms with Crippen LogP contribution in [0.1, 0.15) is 35.9 Å². The Balaban J connectivity index is 2.54. The maximum atomic E-state index is 12.6. The van der Waals surface area contributed by atoms with Crippen LogP contribution in [-0.4, -0.2) is 30.2 Å². The zero-order chi connectivity index (χ0) is 15.8. The standard InChI is InChI=1S/C14H15ClN2O3S/c1-9(2)17-13(12(15)8-16-17)14(18)10-5-4-6-11(7-10)21(3,19)20/h4-9H,1-3H3. The van der Waals surface area contributed by atoms with Crippen LogP contribution in [0.2, 0.25) is 5.02 Å². The minimum Gasteiger partial charge on any atom is -0.287 e. The Kier molecular flexibility index (Phi) is 4.20. The average Bonchev–Trinajstić information content (AvgIpc) is 2.79. The lowest BCUT2D eigenvalue weighted by Crippen LogP contribution is -2.14. The summed E-state index contributed by atoms with van der Waals surface area (Å²) in [5.41, 5.74) is 0.527. The number of carbonyl (C=O) groups is 1. The summed E-state index contributed by atoms with van der Waals surface area (Å²) in [6.07, 6.45) is 2.51. The molecule has 0 N–H and O–H groups in total. The normalized spacial score (nSPS) is 11.9. The molecule has 7 heteroatoms. The monoisotopic (exact) mass is 326 g/mol. The molecule has 0 saturated heterocycles. The van der Waals surface area contributed by atoms with Gasteiger partial charge in [-0.25, -0.2) is 8.42 Å². The maximum Gasteiger partial charge on any atom is 0.212 e. The van der Waals surface area contributed by atoms with Crippen molar-refractivity contribution < 1.29 is 13.2 Å². The van der Waals surface area contributed by atoms with Crippen molar-refractivity contribution in [2.24, 2.45) is 0 Å². The number of hydrogen-bond acceptors (Lipinski definition) is 4. The van der Waals surface area contributed by atoms with Gasteiger partial charge in [0, 0.05) is 17.9 Å². The van der Waals surface area contributed by atoms with Crippen LogP contribution in [0.5, 0.6) is 0 Å². The first-order valence-corrected chi connectivity index (χ1v) is 8.56. The van der Waals surface area contributed by atoms with Crippen LogP contribution in [0.15, 0.2) is 35.4 Å². The second kappa shape index (κ2) is 5.61. The second-order valence-electron chi connectivity index (χ2n) is 5.01. The van der Waals surface area contributed by atoms with Crippen molar-refractivity contribution in [2.45, 2.75) is 24.8 Å². The predicted molar refractivity (Wildman–Crippen MR) is 80.6 cm³/mol. The molecule has 0 unspecified atom stereocenters. The third-order valence-corrected chi connectivity index (χ3v) is 4.37. The third kappa shape index (κ3) is 3.16. The van der Waals surface area contributed by atoms with Gasteiger partial charge in [0.2, 0.25) is 5.78 Å². The van der Waals surface area contributed by atoms with Crippen molar-refractivity contribution in [3.05, 3.63) is 46.7 Å². The summed E-state index contributed by atoms with van der Waals surface area (Å²) in [6.45, 7) is 3.76. The molecule has 0 saturated carbocycles. The van der Waals surface area contributed by atoms with Gasteiger partial charge in [0.05, 0.1) is 16.1 Å². The van der Waals surface area contributed by atoms with Crippen molar-refractivity contribution in [2.75, 3.05) is 6.26 Å². The van der Waals surface area contributed by atoms with Gasteiger partial charge in [0.15, 0.2) is 9.84 Å². The second-order valence-corrected chi connectivity index (χ2v) is 7.43. The van der Waals surface area contributed by atoms with E-state index in [0.717, 1.165) is 6.26 Å². The first-order valence-electron chi connectivity index (χ1n) is 6.29. The highest BCUT2D eigenvalue weighted by atomic mass is 35.5. The summed E-state index contributed by atoms with van der Waals surface area (Å²) in [4.78, 5) is 12.7. The van der Waals surface area contributed by atoms with E-state index in [2.05, 4.69) is 5.10 Å². The van der Waals surface area contributed by atoms with Gasteiger partial charge >= 0.3 is 0 Å². The number of hydrogen-bond donors (Lipinski definition) is 0. The van der Waals surface area contributed by atoms with Crippen LogP contribution in [0, 0.1) is 0 Å². The lowest BCUT2D eigenvalue weighted by molar-refractivity contribution is 0.102. The largest absolute Gasteiger partial charge is 0.287 e. The molecule has 1 aromatic carbocycles. The number of nitrogens with zero attached hydrogens (tertiary/aromatic N) is 2. The summed E-state index contributed by atoms with van der Waals surface area (Å²) >= 11 is 6.04. The maximum absolute atomic E-state index is 12.6. The Hall–Kier alpha value is -1.66. The van der Waals surface area contributed by atoms with Crippen molar-refractivity contribution >= 4 is 27.2 Å². The molecule has 1 aromatic heterocycles. The van der Waals surface area contributed by atoms with Gasteiger partial charge < -0.3 is 0 Å². The van der Waals surface area contributed by atoms with E-state index in [1.54, 1.807) is 6.07 Å². The molecule has 21 heavy (non-hydrogen) atoms. The highest BCUT2D eigenvalue weighted by Crippen LogP contribution is 2.23. The molecular weight excluding hydrogens is 312 g/mol. The lowest BCUT2D eigenvalue weighted by Gasteiger charge is -2.11. The molecule has 0 bridgehead atoms. The van der Waals surface area contributed by atoms with Crippen LogP contribution in [0.3, 0.4) is 0 Å². The number of halogens is 1. The average molecular weight is 327 g/mol. The van der Waals surface area contributed by atoms with Crippen molar-refractivity contribution in [1.29, 1.82) is 0 Å². The SMILES string of the molecule is CC(C)n1ncc(Cl)c1C(=O)c1cccc(S(C)(=O)=O)c1. The van der Waals surface area contributed by atoms with Gasteiger partial charge in [-0.1, -0.05) is 23.7 Å². The number of rotatable bonds is 4. The zero-order valence-electron chi connectivity index (χ0n) is 11.9. The van der Waals surface area contributed by atoms with E-state index < -0.39 is 9.84 Å². The third-order valence-electron chi connectivity index (χ3n) is 2.98. The number of aromatic nitrogens is 2. The van der Waals surface area contributed by atoms with Crippen LogP contribution < -0.4 is 0 Å². The van der Waals surface area contributed by atoms with E-state index in [-0.39, 0.29) is 33.0 Å². The highest BCUT2D eigenvalue weighted by Gasteiger charge is 2.21. The molecule has 0 aliphatic heterocycles. The van der Waals surface area contributed by atoms with E-state index in [1.165, 1.54) is 29.1 Å². The quantitative estimate of drug-likeness (QED) is 0.810. The van der Waals surface area contributed by atoms with Gasteiger partial charge in [-0.2, -0.15) is 5.10 Å². The summed E-state index contributed by atoms with van der Waals surface area (Å²) in [6, 6.07) is 5.87. The smallest absolute Gasteiger partial charge is 0.212 e. The van der Waals surface area contributed by atoms with Crippen LogP contribution in [0.25, 0.3) is 0 Å². The summed E-state index contributed by atoms with van der Waals surface area (Å²) in [5, 5.41) is 4.33. The molecule has 0 spiro atoms. The number of sulfone groups is 1. The van der Waals surface area contributed by atoms with Crippen LogP contribution in [0.4, 0.5) is 0 Å². The van der Waals surface area contributed by atoms with Crippen LogP contribution in [-0.2, 0) is 9.84 Å². The lowest BCUT2D eigenvalue weighted by atomic mass is 10.1. The molecule has 0 fully saturated rings. The fourth-order valence-electron chi connectivity index (χ4n) is 1.95. The summed E-state index contributed by atoms with van der Waals surface area (Å²) in [5.74, 6) is -0.350. The molecule has 112 valence electrons. The Labute approximate surface area is 128 Å². The molecule has 0 amide bonds. The molecule has 2 rings (SSSR count). The molecule has 2 aromatic rings. The van der Waals surface area contributed by atoms with E-state index >= 15 is 0 Å². The van der Waals surface area contributed by atoms with E-state index in [1.807, 2.05) is 13.8 Å². The zero-order valence-corrected chi connectivity index (χ0v) is 13.4. The first-order chi connectivity index (χ1) is 9.71. The van der Waals surface area contributed by atoms with Gasteiger partial charge in [-0.15, -0.1) is 0 Å². The summed E-state index contributed by atoms with van der Waals surface area (Å²) < 4.78 is 24.7. The minimum atomic E-state index is -3.37. The van der Waals surface area contributed by atoms with Gasteiger partial charge in [-0.3, -0.25) is 9.48 Å². The van der Waals surface area contributed by atoms with Crippen LogP contribution >= 0.6 is 11.6 Å². The molecule has 0 aliphatic rings. The predicted octanol–water partition coefficient (Wildman–Crippen LogP) is 2.75. The Morgan fingerprint density at radius 2 is 2.00 bits per heavy atom. The highest BCUT2D eigenvalue weighted by molar-refractivity contribution is 7.90. The molecule has 5 nitrogen and oxygen atoms in total. The minimum absolute atomic E-state index is 0.0328. The molecular formula is C14H15ClN2O3S. The van der Waals surface area contributed by atoms with Crippen molar-refractivity contribution in [3.8, 4) is 0 Å². The van der Waals surface area contributed by atoms with Gasteiger partial charge in [0.25, 0.3) is 0 Å². The Morgan fingerprint density at radius 3 is 2.57 bits per heavy atom. The topological polar surface area (TPSA) is 69.0 Å². The summed E-state index contributed by atoms with van der Waals surface area (Å²) in [7, 11) is -3.37. The Bertz CT molecular complexity index is 794. The fourth-order valence-corrected chi connectivity index (χ4v) is 2.83. The molecule has 0 atom stereocenters. The molecule has 1 heterocycles. The number of benzene rings is 1. The molecule has 0 radical (unpaired) electrons. The van der Waals surface area contributed by atoms with E-state index in [4.69, 9.17) is 11.6 Å². The van der Waals surface area contributed by atoms with E-state index in [9.17, 15) is 13.2 Å². The number of carbonyl (C=O) groups excluding carboxylic acids is 1. The van der Waals surface area contributed by atoms with Crippen molar-refractivity contribution in [3.63, 3.8) is 0 Å². The first kappa shape index (κ1) is 15.7. The van der Waals surface area contributed by atoms with Gasteiger partial charge in [0.1, 0.15) is 5.69 Å². The Morgan fingerprint density at radius 1 is 1.33 bits per heavy atom. The fraction of sp³-hybridized carbons (Fsp3) is 0.286. The number of ketones is 1. The van der Waals surface area contributed by atoms with Crippen molar-refractivity contribution in [1.82, 2.24) is 9.78 Å². The van der Waals surface area contributed by atoms with E-state index in [0.29, 0.717) is 0 Å². The van der Waals surface area contributed by atoms with Gasteiger partial charge in [-0.05, 0) is 26.0 Å². The molecule has 0 aliphatic carbocycles.